The zero-order chi connectivity index (χ0) is 22.1. The van der Waals surface area contributed by atoms with Crippen molar-refractivity contribution in [1.29, 1.82) is 0 Å². The number of carbonyl (C=O) groups is 3. The minimum Gasteiger partial charge on any atom is -0.444 e. The summed E-state index contributed by atoms with van der Waals surface area (Å²) in [6.07, 6.45) is -0.382. The Bertz CT molecular complexity index is 909. The summed E-state index contributed by atoms with van der Waals surface area (Å²) in [5.41, 5.74) is 1.70. The van der Waals surface area contributed by atoms with Gasteiger partial charge < -0.3 is 20.7 Å². The van der Waals surface area contributed by atoms with E-state index in [1.54, 1.807) is 39.0 Å². The van der Waals surface area contributed by atoms with Crippen LogP contribution in [0.25, 0.3) is 0 Å². The van der Waals surface area contributed by atoms with Crippen molar-refractivity contribution in [3.63, 3.8) is 0 Å². The van der Waals surface area contributed by atoms with Gasteiger partial charge in [0.05, 0.1) is 6.42 Å². The number of alkyl carbamates (subject to hydrolysis) is 1. The third-order valence-electron chi connectivity index (χ3n) is 3.80. The lowest BCUT2D eigenvalue weighted by molar-refractivity contribution is -0.120. The van der Waals surface area contributed by atoms with Crippen LogP contribution in [-0.2, 0) is 27.3 Å². The van der Waals surface area contributed by atoms with Crippen LogP contribution in [0.5, 0.6) is 0 Å². The molecule has 0 heterocycles. The average molecular weight is 476 g/mol. The second kappa shape index (κ2) is 10.8. The molecule has 8 heteroatoms. The van der Waals surface area contributed by atoms with Crippen molar-refractivity contribution in [2.75, 3.05) is 11.9 Å². The summed E-state index contributed by atoms with van der Waals surface area (Å²) in [5.74, 6) is -0.478. The SMILES string of the molecule is CC(C)(C)OC(=O)NCC(=O)Nc1cccc(CNC(=O)Cc2ccccc2Br)c1. The molecular formula is C22H26BrN3O4. The highest BCUT2D eigenvalue weighted by molar-refractivity contribution is 9.10. The van der Waals surface area contributed by atoms with E-state index >= 15 is 0 Å². The maximum absolute atomic E-state index is 12.2. The van der Waals surface area contributed by atoms with E-state index < -0.39 is 11.7 Å². The van der Waals surface area contributed by atoms with Gasteiger partial charge in [0.15, 0.2) is 0 Å². The first kappa shape index (κ1) is 23.4. The maximum atomic E-state index is 12.2. The van der Waals surface area contributed by atoms with E-state index in [0.29, 0.717) is 12.2 Å². The van der Waals surface area contributed by atoms with Crippen LogP contribution in [-0.4, -0.2) is 30.1 Å². The molecule has 3 amide bonds. The lowest BCUT2D eigenvalue weighted by Gasteiger charge is -2.19. The van der Waals surface area contributed by atoms with E-state index in [1.165, 1.54) is 0 Å². The van der Waals surface area contributed by atoms with Crippen molar-refractivity contribution in [1.82, 2.24) is 10.6 Å². The number of benzene rings is 2. The molecule has 0 saturated carbocycles. The smallest absolute Gasteiger partial charge is 0.408 e. The number of halogens is 1. The highest BCUT2D eigenvalue weighted by atomic mass is 79.9. The fraction of sp³-hybridized carbons (Fsp3) is 0.318. The summed E-state index contributed by atoms with van der Waals surface area (Å²) < 4.78 is 5.98. The number of carbonyl (C=O) groups excluding carboxylic acids is 3. The van der Waals surface area contributed by atoms with Crippen LogP contribution in [0.15, 0.2) is 53.0 Å². The molecule has 0 unspecified atom stereocenters. The average Bonchev–Trinajstić information content (AvgIpc) is 2.66. The molecule has 2 aromatic rings. The Balaban J connectivity index is 1.81. The summed E-state index contributed by atoms with van der Waals surface area (Å²) in [5, 5.41) is 7.99. The van der Waals surface area contributed by atoms with Gasteiger partial charge in [-0.15, -0.1) is 0 Å². The molecule has 2 rings (SSSR count). The topological polar surface area (TPSA) is 96.5 Å². The summed E-state index contributed by atoms with van der Waals surface area (Å²) in [4.78, 5) is 35.8. The Morgan fingerprint density at radius 1 is 0.967 bits per heavy atom. The molecule has 0 aromatic heterocycles. The predicted molar refractivity (Wildman–Crippen MR) is 119 cm³/mol. The van der Waals surface area contributed by atoms with Crippen LogP contribution in [0.3, 0.4) is 0 Å². The van der Waals surface area contributed by atoms with Crippen LogP contribution in [0.2, 0.25) is 0 Å². The number of anilines is 1. The predicted octanol–water partition coefficient (Wildman–Crippen LogP) is 3.77. The summed E-state index contributed by atoms with van der Waals surface area (Å²) in [6.45, 7) is 5.37. The molecular weight excluding hydrogens is 450 g/mol. The van der Waals surface area contributed by atoms with Crippen molar-refractivity contribution in [3.05, 3.63) is 64.1 Å². The first-order chi connectivity index (χ1) is 14.1. The summed E-state index contributed by atoms with van der Waals surface area (Å²) in [7, 11) is 0. The van der Waals surface area contributed by atoms with Crippen LogP contribution < -0.4 is 16.0 Å². The number of rotatable bonds is 7. The van der Waals surface area contributed by atoms with E-state index in [1.807, 2.05) is 30.3 Å². The number of hydrogen-bond donors (Lipinski definition) is 3. The Kier molecular flexibility index (Phi) is 8.41. The third-order valence-corrected chi connectivity index (χ3v) is 4.58. The van der Waals surface area contributed by atoms with Crippen molar-refractivity contribution < 1.29 is 19.1 Å². The number of nitrogens with one attached hydrogen (secondary N) is 3. The molecule has 30 heavy (non-hydrogen) atoms. The Morgan fingerprint density at radius 2 is 1.70 bits per heavy atom. The van der Waals surface area contributed by atoms with Crippen LogP contribution in [0.4, 0.5) is 10.5 Å². The van der Waals surface area contributed by atoms with Crippen LogP contribution >= 0.6 is 15.9 Å². The Hall–Kier alpha value is -2.87. The molecule has 0 atom stereocenters. The van der Waals surface area contributed by atoms with Crippen molar-refractivity contribution >= 4 is 39.5 Å². The molecule has 0 aliphatic heterocycles. The van der Waals surface area contributed by atoms with Crippen LogP contribution in [0.1, 0.15) is 31.9 Å². The van der Waals surface area contributed by atoms with E-state index in [-0.39, 0.29) is 24.8 Å². The molecule has 0 radical (unpaired) electrons. The maximum Gasteiger partial charge on any atom is 0.408 e. The summed E-state index contributed by atoms with van der Waals surface area (Å²) in [6, 6.07) is 14.7. The van der Waals surface area contributed by atoms with Gasteiger partial charge in [0.25, 0.3) is 0 Å². The van der Waals surface area contributed by atoms with E-state index in [2.05, 4.69) is 31.9 Å². The van der Waals surface area contributed by atoms with Gasteiger partial charge >= 0.3 is 6.09 Å². The fourth-order valence-corrected chi connectivity index (χ4v) is 2.93. The van der Waals surface area contributed by atoms with Gasteiger partial charge in [0.2, 0.25) is 11.8 Å². The molecule has 0 saturated heterocycles. The van der Waals surface area contributed by atoms with Gasteiger partial charge in [0.1, 0.15) is 12.1 Å². The molecule has 2 aromatic carbocycles. The molecule has 0 spiro atoms. The normalized spacial score (nSPS) is 10.8. The highest BCUT2D eigenvalue weighted by Crippen LogP contribution is 2.16. The van der Waals surface area contributed by atoms with Crippen LogP contribution in [0, 0.1) is 0 Å². The van der Waals surface area contributed by atoms with E-state index in [0.717, 1.165) is 15.6 Å². The highest BCUT2D eigenvalue weighted by Gasteiger charge is 2.16. The molecule has 3 N–H and O–H groups in total. The molecule has 160 valence electrons. The van der Waals surface area contributed by atoms with Gasteiger partial charge in [-0.3, -0.25) is 9.59 Å². The summed E-state index contributed by atoms with van der Waals surface area (Å²) >= 11 is 3.43. The molecule has 0 aliphatic carbocycles. The van der Waals surface area contributed by atoms with E-state index in [9.17, 15) is 14.4 Å². The monoisotopic (exact) mass is 475 g/mol. The third kappa shape index (κ3) is 8.65. The Morgan fingerprint density at radius 3 is 2.40 bits per heavy atom. The lowest BCUT2D eigenvalue weighted by atomic mass is 10.1. The minimum absolute atomic E-state index is 0.0992. The van der Waals surface area contributed by atoms with Crippen molar-refractivity contribution in [2.24, 2.45) is 0 Å². The van der Waals surface area contributed by atoms with Gasteiger partial charge in [-0.2, -0.15) is 0 Å². The second-order valence-electron chi connectivity index (χ2n) is 7.65. The van der Waals surface area contributed by atoms with Crippen molar-refractivity contribution in [2.45, 2.75) is 39.3 Å². The Labute approximate surface area is 184 Å². The molecule has 0 aliphatic rings. The zero-order valence-electron chi connectivity index (χ0n) is 17.3. The lowest BCUT2D eigenvalue weighted by Crippen LogP contribution is -2.37. The largest absolute Gasteiger partial charge is 0.444 e. The number of amides is 3. The van der Waals surface area contributed by atoms with Gasteiger partial charge in [0, 0.05) is 16.7 Å². The van der Waals surface area contributed by atoms with E-state index in [4.69, 9.17) is 4.74 Å². The quantitative estimate of drug-likeness (QED) is 0.567. The second-order valence-corrected chi connectivity index (χ2v) is 8.50. The van der Waals surface area contributed by atoms with Crippen molar-refractivity contribution in [3.8, 4) is 0 Å². The molecule has 0 fully saturated rings. The number of hydrogen-bond acceptors (Lipinski definition) is 4. The van der Waals surface area contributed by atoms with Gasteiger partial charge in [-0.05, 0) is 50.1 Å². The van der Waals surface area contributed by atoms with Gasteiger partial charge in [-0.25, -0.2) is 4.79 Å². The van der Waals surface area contributed by atoms with Gasteiger partial charge in [-0.1, -0.05) is 46.3 Å². The fourth-order valence-electron chi connectivity index (χ4n) is 2.51. The minimum atomic E-state index is -0.654. The molecule has 7 nitrogen and oxygen atoms in total. The first-order valence-electron chi connectivity index (χ1n) is 9.48. The molecule has 0 bridgehead atoms. The standard InChI is InChI=1S/C22H26BrN3O4/c1-22(2,3)30-21(29)25-14-20(28)26-17-9-6-7-15(11-17)13-24-19(27)12-16-8-4-5-10-18(16)23/h4-11H,12-14H2,1-3H3,(H,24,27)(H,25,29)(H,26,28). The first-order valence-corrected chi connectivity index (χ1v) is 10.3. The number of ether oxygens (including phenoxy) is 1. The zero-order valence-corrected chi connectivity index (χ0v) is 18.8.